The number of para-hydroxylation sites is 1. The van der Waals surface area contributed by atoms with Crippen molar-refractivity contribution in [1.82, 2.24) is 4.90 Å². The van der Waals surface area contributed by atoms with Crippen LogP contribution in [0.5, 0.6) is 0 Å². The van der Waals surface area contributed by atoms with Crippen molar-refractivity contribution in [1.29, 1.82) is 0 Å². The van der Waals surface area contributed by atoms with Crippen LogP contribution in [0.15, 0.2) is 48.5 Å². The normalized spacial score (nSPS) is 14.6. The molecule has 1 heterocycles. The zero-order valence-corrected chi connectivity index (χ0v) is 15.4. The molecule has 1 fully saturated rings. The molecule has 2 aromatic rings. The highest BCUT2D eigenvalue weighted by atomic mass is 35.5. The summed E-state index contributed by atoms with van der Waals surface area (Å²) in [4.78, 5) is 38.4. The molecule has 0 aromatic heterocycles. The van der Waals surface area contributed by atoms with Crippen LogP contribution >= 0.6 is 11.6 Å². The largest absolute Gasteiger partial charge is 0.369 e. The van der Waals surface area contributed by atoms with E-state index < -0.39 is 0 Å². The number of piperidine rings is 1. The SMILES string of the molecule is NC(=O)C1CCN(C(=O)c2ccccc2NC(=O)c2cccc(Cl)c2)CC1. The van der Waals surface area contributed by atoms with Crippen LogP contribution in [0.3, 0.4) is 0 Å². The number of anilines is 1. The Morgan fingerprint density at radius 2 is 1.74 bits per heavy atom. The second-order valence-electron chi connectivity index (χ2n) is 6.48. The van der Waals surface area contributed by atoms with Gasteiger partial charge in [-0.25, -0.2) is 0 Å². The van der Waals surface area contributed by atoms with E-state index in [1.807, 2.05) is 0 Å². The van der Waals surface area contributed by atoms with Gasteiger partial charge in [-0.3, -0.25) is 14.4 Å². The summed E-state index contributed by atoms with van der Waals surface area (Å²) in [7, 11) is 0. The summed E-state index contributed by atoms with van der Waals surface area (Å²) in [5.74, 6) is -1.03. The van der Waals surface area contributed by atoms with Crippen molar-refractivity contribution in [3.8, 4) is 0 Å². The van der Waals surface area contributed by atoms with Crippen LogP contribution in [0.25, 0.3) is 0 Å². The van der Waals surface area contributed by atoms with Crippen molar-refractivity contribution in [3.63, 3.8) is 0 Å². The standard InChI is InChI=1S/C20H20ClN3O3/c21-15-5-3-4-14(12-15)19(26)23-17-7-2-1-6-16(17)20(27)24-10-8-13(9-11-24)18(22)25/h1-7,12-13H,8-11H2,(H2,22,25)(H,23,26). The summed E-state index contributed by atoms with van der Waals surface area (Å²) in [6.45, 7) is 0.923. The van der Waals surface area contributed by atoms with Crippen LogP contribution in [0.2, 0.25) is 5.02 Å². The monoisotopic (exact) mass is 385 g/mol. The van der Waals surface area contributed by atoms with Gasteiger partial charge in [0.05, 0.1) is 11.3 Å². The van der Waals surface area contributed by atoms with Gasteiger partial charge in [0.1, 0.15) is 0 Å². The summed E-state index contributed by atoms with van der Waals surface area (Å²) in [5.41, 5.74) is 6.60. The average molecular weight is 386 g/mol. The molecule has 1 aliphatic rings. The number of benzene rings is 2. The fraction of sp³-hybridized carbons (Fsp3) is 0.250. The Hall–Kier alpha value is -2.86. The number of rotatable bonds is 4. The minimum absolute atomic E-state index is 0.181. The lowest BCUT2D eigenvalue weighted by Gasteiger charge is -2.31. The number of nitrogens with zero attached hydrogens (tertiary/aromatic N) is 1. The summed E-state index contributed by atoms with van der Waals surface area (Å²) in [6, 6.07) is 13.5. The van der Waals surface area contributed by atoms with E-state index in [1.54, 1.807) is 53.4 Å². The smallest absolute Gasteiger partial charge is 0.255 e. The van der Waals surface area contributed by atoms with Crippen LogP contribution in [-0.4, -0.2) is 35.7 Å². The van der Waals surface area contributed by atoms with Gasteiger partial charge < -0.3 is 16.0 Å². The van der Waals surface area contributed by atoms with Crippen molar-refractivity contribution in [3.05, 3.63) is 64.7 Å². The molecular formula is C20H20ClN3O3. The fourth-order valence-electron chi connectivity index (χ4n) is 3.14. The van der Waals surface area contributed by atoms with Crippen LogP contribution in [0, 0.1) is 5.92 Å². The van der Waals surface area contributed by atoms with Gasteiger partial charge in [-0.2, -0.15) is 0 Å². The molecule has 0 bridgehead atoms. The molecule has 6 nitrogen and oxygen atoms in total. The number of amides is 3. The highest BCUT2D eigenvalue weighted by Crippen LogP contribution is 2.23. The minimum Gasteiger partial charge on any atom is -0.369 e. The maximum atomic E-state index is 12.9. The molecular weight excluding hydrogens is 366 g/mol. The molecule has 0 saturated carbocycles. The summed E-state index contributed by atoms with van der Waals surface area (Å²) >= 11 is 5.94. The van der Waals surface area contributed by atoms with Gasteiger partial charge in [0, 0.05) is 29.6 Å². The summed E-state index contributed by atoms with van der Waals surface area (Å²) < 4.78 is 0. The third-order valence-corrected chi connectivity index (χ3v) is 4.91. The third-order valence-electron chi connectivity index (χ3n) is 4.68. The molecule has 0 unspecified atom stereocenters. The molecule has 0 spiro atoms. The predicted octanol–water partition coefficient (Wildman–Crippen LogP) is 2.93. The van der Waals surface area contributed by atoms with Crippen molar-refractivity contribution < 1.29 is 14.4 Å². The van der Waals surface area contributed by atoms with Crippen LogP contribution in [0.1, 0.15) is 33.6 Å². The molecule has 1 saturated heterocycles. The number of carbonyl (C=O) groups is 3. The second kappa shape index (κ2) is 8.22. The van der Waals surface area contributed by atoms with E-state index in [2.05, 4.69) is 5.32 Å². The van der Waals surface area contributed by atoms with E-state index in [-0.39, 0.29) is 23.6 Å². The Morgan fingerprint density at radius 3 is 2.41 bits per heavy atom. The first-order chi connectivity index (χ1) is 13.0. The van der Waals surface area contributed by atoms with E-state index in [0.717, 1.165) is 0 Å². The molecule has 3 N–H and O–H groups in total. The first-order valence-electron chi connectivity index (χ1n) is 8.70. The maximum absolute atomic E-state index is 12.9. The van der Waals surface area contributed by atoms with Crippen LogP contribution in [0.4, 0.5) is 5.69 Å². The summed E-state index contributed by atoms with van der Waals surface area (Å²) in [6.07, 6.45) is 1.11. The van der Waals surface area contributed by atoms with Gasteiger partial charge in [-0.15, -0.1) is 0 Å². The molecule has 2 aromatic carbocycles. The van der Waals surface area contributed by atoms with Gasteiger partial charge in [-0.1, -0.05) is 29.8 Å². The lowest BCUT2D eigenvalue weighted by molar-refractivity contribution is -0.123. The van der Waals surface area contributed by atoms with Crippen molar-refractivity contribution in [2.45, 2.75) is 12.8 Å². The van der Waals surface area contributed by atoms with Crippen LogP contribution in [-0.2, 0) is 4.79 Å². The van der Waals surface area contributed by atoms with E-state index in [1.165, 1.54) is 0 Å². The Bertz CT molecular complexity index is 876. The number of hydrogen-bond donors (Lipinski definition) is 2. The molecule has 140 valence electrons. The molecule has 27 heavy (non-hydrogen) atoms. The van der Waals surface area contributed by atoms with E-state index in [4.69, 9.17) is 17.3 Å². The van der Waals surface area contributed by atoms with Gasteiger partial charge in [0.25, 0.3) is 11.8 Å². The lowest BCUT2D eigenvalue weighted by Crippen LogP contribution is -2.42. The molecule has 0 radical (unpaired) electrons. The number of nitrogens with one attached hydrogen (secondary N) is 1. The number of nitrogens with two attached hydrogens (primary N) is 1. The molecule has 3 rings (SSSR count). The quantitative estimate of drug-likeness (QED) is 0.847. The Labute approximate surface area is 162 Å². The van der Waals surface area contributed by atoms with E-state index in [0.29, 0.717) is 47.8 Å². The molecule has 1 aliphatic heterocycles. The van der Waals surface area contributed by atoms with Gasteiger partial charge in [0.2, 0.25) is 5.91 Å². The Morgan fingerprint density at radius 1 is 1.04 bits per heavy atom. The van der Waals surface area contributed by atoms with Crippen molar-refractivity contribution in [2.75, 3.05) is 18.4 Å². The predicted molar refractivity (Wildman–Crippen MR) is 104 cm³/mol. The van der Waals surface area contributed by atoms with Crippen molar-refractivity contribution in [2.24, 2.45) is 11.7 Å². The maximum Gasteiger partial charge on any atom is 0.255 e. The second-order valence-corrected chi connectivity index (χ2v) is 6.92. The third kappa shape index (κ3) is 4.46. The van der Waals surface area contributed by atoms with Gasteiger partial charge in [0.15, 0.2) is 0 Å². The first-order valence-corrected chi connectivity index (χ1v) is 9.08. The zero-order chi connectivity index (χ0) is 19.4. The van der Waals surface area contributed by atoms with E-state index in [9.17, 15) is 14.4 Å². The molecule has 3 amide bonds. The Balaban J connectivity index is 1.75. The topological polar surface area (TPSA) is 92.5 Å². The number of likely N-dealkylation sites (tertiary alicyclic amines) is 1. The van der Waals surface area contributed by atoms with Crippen LogP contribution < -0.4 is 11.1 Å². The molecule has 0 aliphatic carbocycles. The minimum atomic E-state index is -0.342. The molecule has 0 atom stereocenters. The fourth-order valence-corrected chi connectivity index (χ4v) is 3.33. The number of hydrogen-bond acceptors (Lipinski definition) is 3. The van der Waals surface area contributed by atoms with Crippen molar-refractivity contribution >= 4 is 35.0 Å². The van der Waals surface area contributed by atoms with Gasteiger partial charge in [-0.05, 0) is 43.2 Å². The number of primary amides is 1. The highest BCUT2D eigenvalue weighted by Gasteiger charge is 2.27. The highest BCUT2D eigenvalue weighted by molar-refractivity contribution is 6.31. The molecule has 7 heteroatoms. The Kier molecular flexibility index (Phi) is 5.76. The number of carbonyl (C=O) groups excluding carboxylic acids is 3. The lowest BCUT2D eigenvalue weighted by atomic mass is 9.95. The van der Waals surface area contributed by atoms with E-state index >= 15 is 0 Å². The first kappa shape index (κ1) is 18.9. The number of halogens is 1. The average Bonchev–Trinajstić information content (AvgIpc) is 2.68. The zero-order valence-electron chi connectivity index (χ0n) is 14.7. The summed E-state index contributed by atoms with van der Waals surface area (Å²) in [5, 5.41) is 3.24. The van der Waals surface area contributed by atoms with Gasteiger partial charge >= 0.3 is 0 Å².